The van der Waals surface area contributed by atoms with Crippen molar-refractivity contribution in [2.75, 3.05) is 4.90 Å². The van der Waals surface area contributed by atoms with Gasteiger partial charge in [0.1, 0.15) is 5.82 Å². The summed E-state index contributed by atoms with van der Waals surface area (Å²) in [7, 11) is 0. The fraction of sp³-hybridized carbons (Fsp3) is 0.400. The Labute approximate surface area is 117 Å². The minimum atomic E-state index is -0.440. The van der Waals surface area contributed by atoms with Gasteiger partial charge in [0.2, 0.25) is 0 Å². The van der Waals surface area contributed by atoms with Crippen LogP contribution in [-0.2, 0) is 6.54 Å². The Morgan fingerprint density at radius 1 is 1.47 bits per heavy atom. The third kappa shape index (κ3) is 2.96. The average Bonchev–Trinajstić information content (AvgIpc) is 3.13. The lowest BCUT2D eigenvalue weighted by atomic mass is 10.1. The summed E-state index contributed by atoms with van der Waals surface area (Å²) in [5.41, 5.74) is 0.932. The first-order valence-corrected chi connectivity index (χ1v) is 7.55. The first-order valence-electron chi connectivity index (χ1n) is 6.67. The van der Waals surface area contributed by atoms with E-state index in [1.54, 1.807) is 24.5 Å². The molecule has 1 unspecified atom stereocenters. The van der Waals surface area contributed by atoms with Gasteiger partial charge in [-0.25, -0.2) is 4.98 Å². The molecule has 2 aromatic heterocycles. The molecule has 1 atom stereocenters. The number of aliphatic hydroxyl groups is 1. The van der Waals surface area contributed by atoms with Gasteiger partial charge >= 0.3 is 0 Å². The molecule has 0 spiro atoms. The summed E-state index contributed by atoms with van der Waals surface area (Å²) >= 11 is 1.78. The maximum absolute atomic E-state index is 9.70. The molecule has 1 N–H and O–H groups in total. The molecule has 3 nitrogen and oxygen atoms in total. The van der Waals surface area contributed by atoms with E-state index in [0.29, 0.717) is 6.04 Å². The van der Waals surface area contributed by atoms with Crippen molar-refractivity contribution in [1.82, 2.24) is 4.98 Å². The Bertz CT molecular complexity index is 535. The van der Waals surface area contributed by atoms with Crippen LogP contribution < -0.4 is 4.90 Å². The standard InChI is InChI=1S/C15H18N2OS/c1-11(18)12-6-7-16-15(9-12)17(13-4-5-13)10-14-3-2-8-19-14/h2-3,6-9,11,13,18H,4-5,10H2,1H3. The van der Waals surface area contributed by atoms with Gasteiger partial charge in [0.15, 0.2) is 0 Å². The number of rotatable bonds is 5. The van der Waals surface area contributed by atoms with E-state index in [2.05, 4.69) is 27.4 Å². The van der Waals surface area contributed by atoms with E-state index >= 15 is 0 Å². The average molecular weight is 274 g/mol. The predicted molar refractivity (Wildman–Crippen MR) is 78.4 cm³/mol. The Morgan fingerprint density at radius 3 is 2.95 bits per heavy atom. The van der Waals surface area contributed by atoms with Gasteiger partial charge < -0.3 is 10.0 Å². The SMILES string of the molecule is CC(O)c1ccnc(N(Cc2cccs2)C2CC2)c1. The number of pyridine rings is 1. The van der Waals surface area contributed by atoms with Crippen molar-refractivity contribution < 1.29 is 5.11 Å². The zero-order valence-electron chi connectivity index (χ0n) is 11.0. The van der Waals surface area contributed by atoms with E-state index in [4.69, 9.17) is 0 Å². The minimum absolute atomic E-state index is 0.440. The van der Waals surface area contributed by atoms with Crippen LogP contribution in [-0.4, -0.2) is 16.1 Å². The van der Waals surface area contributed by atoms with E-state index in [1.165, 1.54) is 17.7 Å². The molecule has 2 aromatic rings. The van der Waals surface area contributed by atoms with E-state index in [1.807, 2.05) is 12.1 Å². The highest BCUT2D eigenvalue weighted by Crippen LogP contribution is 2.33. The van der Waals surface area contributed by atoms with Crippen molar-refractivity contribution in [3.8, 4) is 0 Å². The van der Waals surface area contributed by atoms with Crippen molar-refractivity contribution in [3.05, 3.63) is 46.3 Å². The van der Waals surface area contributed by atoms with E-state index in [0.717, 1.165) is 17.9 Å². The number of anilines is 1. The fourth-order valence-corrected chi connectivity index (χ4v) is 2.91. The number of hydrogen-bond donors (Lipinski definition) is 1. The molecule has 4 heteroatoms. The third-order valence-corrected chi connectivity index (χ3v) is 4.30. The third-order valence-electron chi connectivity index (χ3n) is 3.44. The first-order chi connectivity index (χ1) is 9.24. The Balaban J connectivity index is 1.85. The van der Waals surface area contributed by atoms with Crippen molar-refractivity contribution in [1.29, 1.82) is 0 Å². The van der Waals surface area contributed by atoms with E-state index < -0.39 is 6.10 Å². The number of nitrogens with zero attached hydrogens (tertiary/aromatic N) is 2. The lowest BCUT2D eigenvalue weighted by molar-refractivity contribution is 0.199. The van der Waals surface area contributed by atoms with Crippen LogP contribution in [0.3, 0.4) is 0 Å². The van der Waals surface area contributed by atoms with Crippen molar-refractivity contribution >= 4 is 17.2 Å². The number of thiophene rings is 1. The quantitative estimate of drug-likeness (QED) is 0.908. The normalized spacial score (nSPS) is 16.3. The molecule has 1 fully saturated rings. The minimum Gasteiger partial charge on any atom is -0.389 e. The van der Waals surface area contributed by atoms with Gasteiger partial charge in [0.05, 0.1) is 12.6 Å². The summed E-state index contributed by atoms with van der Waals surface area (Å²) in [4.78, 5) is 8.20. The van der Waals surface area contributed by atoms with Crippen LogP contribution >= 0.6 is 11.3 Å². The molecule has 0 aliphatic heterocycles. The molecule has 0 amide bonds. The van der Waals surface area contributed by atoms with E-state index in [-0.39, 0.29) is 0 Å². The zero-order chi connectivity index (χ0) is 13.2. The molecule has 0 radical (unpaired) electrons. The molecule has 1 aliphatic carbocycles. The maximum Gasteiger partial charge on any atom is 0.129 e. The zero-order valence-corrected chi connectivity index (χ0v) is 11.8. The molecule has 100 valence electrons. The molecule has 3 rings (SSSR count). The summed E-state index contributed by atoms with van der Waals surface area (Å²) in [6.45, 7) is 2.71. The van der Waals surface area contributed by atoms with E-state index in [9.17, 15) is 5.11 Å². The lowest BCUT2D eigenvalue weighted by Crippen LogP contribution is -2.25. The summed E-state index contributed by atoms with van der Waals surface area (Å²) in [6, 6.07) is 8.75. The highest BCUT2D eigenvalue weighted by Gasteiger charge is 2.30. The second-order valence-corrected chi connectivity index (χ2v) is 6.09. The second kappa shape index (κ2) is 5.31. The van der Waals surface area contributed by atoms with Crippen LogP contribution in [0, 0.1) is 0 Å². The summed E-state index contributed by atoms with van der Waals surface area (Å²) in [5.74, 6) is 0.981. The second-order valence-electron chi connectivity index (χ2n) is 5.06. The van der Waals surface area contributed by atoms with Crippen molar-refractivity contribution in [2.45, 2.75) is 38.5 Å². The number of aliphatic hydroxyl groups excluding tert-OH is 1. The fourth-order valence-electron chi connectivity index (χ4n) is 2.20. The van der Waals surface area contributed by atoms with Crippen molar-refractivity contribution in [3.63, 3.8) is 0 Å². The van der Waals surface area contributed by atoms with Crippen LogP contribution in [0.4, 0.5) is 5.82 Å². The van der Waals surface area contributed by atoms with Crippen LogP contribution in [0.15, 0.2) is 35.8 Å². The van der Waals surface area contributed by atoms with Gasteiger partial charge in [-0.3, -0.25) is 0 Å². The summed E-state index contributed by atoms with van der Waals surface area (Å²) in [6.07, 6.45) is 3.84. The maximum atomic E-state index is 9.70. The lowest BCUT2D eigenvalue weighted by Gasteiger charge is -2.23. The van der Waals surface area contributed by atoms with Gasteiger partial charge in [-0.15, -0.1) is 11.3 Å². The molecule has 0 aromatic carbocycles. The summed E-state index contributed by atoms with van der Waals surface area (Å²) in [5, 5.41) is 11.8. The van der Waals surface area contributed by atoms with Gasteiger partial charge in [0.25, 0.3) is 0 Å². The number of aromatic nitrogens is 1. The Hall–Kier alpha value is -1.39. The van der Waals surface area contributed by atoms with Gasteiger partial charge in [-0.2, -0.15) is 0 Å². The summed E-state index contributed by atoms with van der Waals surface area (Å²) < 4.78 is 0. The van der Waals surface area contributed by atoms with Crippen LogP contribution in [0.1, 0.15) is 36.3 Å². The largest absolute Gasteiger partial charge is 0.389 e. The van der Waals surface area contributed by atoms with Gasteiger partial charge in [0, 0.05) is 17.1 Å². The highest BCUT2D eigenvalue weighted by atomic mass is 32.1. The van der Waals surface area contributed by atoms with Crippen LogP contribution in [0.25, 0.3) is 0 Å². The number of hydrogen-bond acceptors (Lipinski definition) is 4. The Kier molecular flexibility index (Phi) is 3.53. The Morgan fingerprint density at radius 2 is 2.32 bits per heavy atom. The molecule has 0 bridgehead atoms. The van der Waals surface area contributed by atoms with Crippen molar-refractivity contribution in [2.24, 2.45) is 0 Å². The highest BCUT2D eigenvalue weighted by molar-refractivity contribution is 7.09. The first kappa shape index (κ1) is 12.6. The monoisotopic (exact) mass is 274 g/mol. The molecule has 1 saturated carbocycles. The molecule has 1 aliphatic rings. The molecular formula is C15H18N2OS. The molecule has 2 heterocycles. The topological polar surface area (TPSA) is 36.4 Å². The smallest absolute Gasteiger partial charge is 0.129 e. The van der Waals surface area contributed by atoms with Crippen LogP contribution in [0.5, 0.6) is 0 Å². The molecule has 19 heavy (non-hydrogen) atoms. The predicted octanol–water partition coefficient (Wildman–Crippen LogP) is 3.37. The van der Waals surface area contributed by atoms with Gasteiger partial charge in [-0.05, 0) is 48.9 Å². The van der Waals surface area contributed by atoms with Crippen LogP contribution in [0.2, 0.25) is 0 Å². The molecule has 0 saturated heterocycles. The molecular weight excluding hydrogens is 256 g/mol. The van der Waals surface area contributed by atoms with Gasteiger partial charge in [-0.1, -0.05) is 6.07 Å².